The number of halogens is 1. The molecule has 0 bridgehead atoms. The third kappa shape index (κ3) is 4.29. The van der Waals surface area contributed by atoms with Crippen molar-refractivity contribution in [1.82, 2.24) is 15.5 Å². The van der Waals surface area contributed by atoms with Crippen LogP contribution in [0.15, 0.2) is 28.8 Å². The van der Waals surface area contributed by atoms with Gasteiger partial charge in [0.1, 0.15) is 6.04 Å². The van der Waals surface area contributed by atoms with E-state index in [1.165, 1.54) is 6.92 Å². The van der Waals surface area contributed by atoms with Gasteiger partial charge in [-0.15, -0.1) is 0 Å². The molecular weight excluding hydrogens is 310 g/mol. The average Bonchev–Trinajstić information content (AvgIpc) is 2.94. The molecule has 0 aliphatic heterocycles. The van der Waals surface area contributed by atoms with Gasteiger partial charge in [0, 0.05) is 23.4 Å². The van der Waals surface area contributed by atoms with Crippen LogP contribution in [0.5, 0.6) is 0 Å². The minimum Gasteiger partial charge on any atom is -0.480 e. The number of amides is 1. The second-order valence-corrected chi connectivity index (χ2v) is 5.08. The maximum atomic E-state index is 11.6. The van der Waals surface area contributed by atoms with Crippen molar-refractivity contribution >= 4 is 23.5 Å². The first-order chi connectivity index (χ1) is 10.5. The van der Waals surface area contributed by atoms with Gasteiger partial charge in [-0.3, -0.25) is 9.59 Å². The van der Waals surface area contributed by atoms with Gasteiger partial charge < -0.3 is 14.9 Å². The van der Waals surface area contributed by atoms with Gasteiger partial charge in [0.05, 0.1) is 0 Å². The molecule has 0 fully saturated rings. The second kappa shape index (κ2) is 7.04. The van der Waals surface area contributed by atoms with E-state index in [1.807, 2.05) is 0 Å². The number of nitrogens with one attached hydrogen (secondary N) is 1. The normalized spacial score (nSPS) is 11.9. The minimum absolute atomic E-state index is 0.0693. The first-order valence-electron chi connectivity index (χ1n) is 6.56. The molecule has 0 aliphatic carbocycles. The highest BCUT2D eigenvalue weighted by atomic mass is 35.5. The van der Waals surface area contributed by atoms with Crippen molar-refractivity contribution in [3.8, 4) is 11.4 Å². The van der Waals surface area contributed by atoms with Crippen molar-refractivity contribution in [1.29, 1.82) is 0 Å². The predicted octanol–water partition coefficient (Wildman–Crippen LogP) is 1.91. The molecule has 2 rings (SSSR count). The molecule has 1 aromatic carbocycles. The summed E-state index contributed by atoms with van der Waals surface area (Å²) >= 11 is 5.80. The Balaban J connectivity index is 1.91. The number of carboxylic acids is 1. The van der Waals surface area contributed by atoms with Gasteiger partial charge in [-0.2, -0.15) is 4.98 Å². The minimum atomic E-state index is -1.09. The zero-order valence-electron chi connectivity index (χ0n) is 11.7. The number of carbonyl (C=O) groups excluding carboxylic acids is 1. The van der Waals surface area contributed by atoms with Crippen LogP contribution in [-0.4, -0.2) is 33.2 Å². The third-order valence-electron chi connectivity index (χ3n) is 2.88. The molecule has 2 aromatic rings. The lowest BCUT2D eigenvalue weighted by molar-refractivity contribution is -0.141. The molecule has 2 N–H and O–H groups in total. The molecule has 1 atom stereocenters. The van der Waals surface area contributed by atoms with Crippen molar-refractivity contribution < 1.29 is 19.2 Å². The van der Waals surface area contributed by atoms with Crippen LogP contribution in [0.4, 0.5) is 0 Å². The molecule has 22 heavy (non-hydrogen) atoms. The number of carbonyl (C=O) groups is 2. The summed E-state index contributed by atoms with van der Waals surface area (Å²) in [6.45, 7) is 1.39. The van der Waals surface area contributed by atoms with Crippen molar-refractivity contribution in [2.24, 2.45) is 0 Å². The molecule has 7 nitrogen and oxygen atoms in total. The Morgan fingerprint density at radius 3 is 2.68 bits per heavy atom. The number of nitrogens with zero attached hydrogens (tertiary/aromatic N) is 2. The zero-order chi connectivity index (χ0) is 16.1. The van der Waals surface area contributed by atoms with Crippen LogP contribution in [0, 0.1) is 0 Å². The van der Waals surface area contributed by atoms with E-state index in [1.54, 1.807) is 24.3 Å². The van der Waals surface area contributed by atoms with Gasteiger partial charge in [0.2, 0.25) is 17.6 Å². The lowest BCUT2D eigenvalue weighted by Crippen LogP contribution is -2.38. The number of benzene rings is 1. The molecule has 8 heteroatoms. The second-order valence-electron chi connectivity index (χ2n) is 4.65. The smallest absolute Gasteiger partial charge is 0.325 e. The molecule has 0 spiro atoms. The highest BCUT2D eigenvalue weighted by Gasteiger charge is 2.15. The molecular formula is C14H14ClN3O4. The summed E-state index contributed by atoms with van der Waals surface area (Å²) in [4.78, 5) is 26.4. The fourth-order valence-corrected chi connectivity index (χ4v) is 1.79. The van der Waals surface area contributed by atoms with Gasteiger partial charge >= 0.3 is 5.97 Å². The Bertz CT molecular complexity index is 669. The maximum Gasteiger partial charge on any atom is 0.325 e. The predicted molar refractivity (Wildman–Crippen MR) is 78.3 cm³/mol. The number of hydrogen-bond acceptors (Lipinski definition) is 5. The van der Waals surface area contributed by atoms with Gasteiger partial charge in [-0.1, -0.05) is 16.8 Å². The largest absolute Gasteiger partial charge is 0.480 e. The Hall–Kier alpha value is -2.41. The van der Waals surface area contributed by atoms with E-state index in [9.17, 15) is 9.59 Å². The number of hydrogen-bond donors (Lipinski definition) is 2. The fourth-order valence-electron chi connectivity index (χ4n) is 1.67. The number of carboxylic acid groups (broad SMARTS) is 1. The Kier molecular flexibility index (Phi) is 5.11. The Labute approximate surface area is 131 Å². The Morgan fingerprint density at radius 1 is 1.36 bits per heavy atom. The summed E-state index contributed by atoms with van der Waals surface area (Å²) in [5, 5.41) is 15.5. The van der Waals surface area contributed by atoms with Gasteiger partial charge in [-0.05, 0) is 31.2 Å². The van der Waals surface area contributed by atoms with Gasteiger partial charge in [-0.25, -0.2) is 0 Å². The van der Waals surface area contributed by atoms with Crippen LogP contribution in [-0.2, 0) is 16.0 Å². The van der Waals surface area contributed by atoms with Crippen LogP contribution < -0.4 is 5.32 Å². The standard InChI is InChI=1S/C14H14ClN3O4/c1-8(14(20)21)16-11(19)6-7-12-17-13(18-22-12)9-2-4-10(15)5-3-9/h2-5,8H,6-7H2,1H3,(H,16,19)(H,20,21). The number of aryl methyl sites for hydroxylation is 1. The number of aliphatic carboxylic acids is 1. The summed E-state index contributed by atoms with van der Waals surface area (Å²) in [7, 11) is 0. The van der Waals surface area contributed by atoms with Crippen molar-refractivity contribution in [2.45, 2.75) is 25.8 Å². The summed E-state index contributed by atoms with van der Waals surface area (Å²) < 4.78 is 5.06. The molecule has 0 saturated heterocycles. The highest BCUT2D eigenvalue weighted by molar-refractivity contribution is 6.30. The molecule has 0 saturated carbocycles. The summed E-state index contributed by atoms with van der Waals surface area (Å²) in [5.41, 5.74) is 0.753. The lowest BCUT2D eigenvalue weighted by atomic mass is 10.2. The highest BCUT2D eigenvalue weighted by Crippen LogP contribution is 2.18. The molecule has 1 unspecified atom stereocenters. The summed E-state index contributed by atoms with van der Waals surface area (Å²) in [6.07, 6.45) is 0.304. The molecule has 0 aliphatic rings. The van der Waals surface area contributed by atoms with E-state index < -0.39 is 12.0 Å². The van der Waals surface area contributed by atoms with Crippen LogP contribution in [0.1, 0.15) is 19.2 Å². The molecule has 116 valence electrons. The zero-order valence-corrected chi connectivity index (χ0v) is 12.5. The van der Waals surface area contributed by atoms with E-state index in [-0.39, 0.29) is 18.7 Å². The quantitative estimate of drug-likeness (QED) is 0.841. The van der Waals surface area contributed by atoms with E-state index in [0.29, 0.717) is 16.7 Å². The first kappa shape index (κ1) is 16.0. The maximum absolute atomic E-state index is 11.6. The van der Waals surface area contributed by atoms with Gasteiger partial charge in [0.25, 0.3) is 0 Å². The first-order valence-corrected chi connectivity index (χ1v) is 6.94. The van der Waals surface area contributed by atoms with E-state index in [4.69, 9.17) is 21.2 Å². The summed E-state index contributed by atoms with van der Waals surface area (Å²) in [5.74, 6) is -0.758. The Morgan fingerprint density at radius 2 is 2.05 bits per heavy atom. The van der Waals surface area contributed by atoms with Crippen molar-refractivity contribution in [3.63, 3.8) is 0 Å². The average molecular weight is 324 g/mol. The monoisotopic (exact) mass is 323 g/mol. The number of aromatic nitrogens is 2. The fraction of sp³-hybridized carbons (Fsp3) is 0.286. The molecule has 1 heterocycles. The SMILES string of the molecule is CC(NC(=O)CCc1nc(-c2ccc(Cl)cc2)no1)C(=O)O. The molecule has 1 aromatic heterocycles. The van der Waals surface area contributed by atoms with Crippen LogP contribution in [0.25, 0.3) is 11.4 Å². The van der Waals surface area contributed by atoms with Crippen molar-refractivity contribution in [2.75, 3.05) is 0 Å². The van der Waals surface area contributed by atoms with Gasteiger partial charge in [0.15, 0.2) is 0 Å². The third-order valence-corrected chi connectivity index (χ3v) is 3.14. The van der Waals surface area contributed by atoms with Crippen LogP contribution in [0.2, 0.25) is 5.02 Å². The molecule has 0 radical (unpaired) electrons. The summed E-state index contributed by atoms with van der Waals surface area (Å²) in [6, 6.07) is 6.03. The topological polar surface area (TPSA) is 105 Å². The van der Waals surface area contributed by atoms with E-state index >= 15 is 0 Å². The lowest BCUT2D eigenvalue weighted by Gasteiger charge is -2.07. The van der Waals surface area contributed by atoms with Crippen molar-refractivity contribution in [3.05, 3.63) is 35.2 Å². The van der Waals surface area contributed by atoms with Crippen LogP contribution in [0.3, 0.4) is 0 Å². The number of rotatable bonds is 6. The van der Waals surface area contributed by atoms with E-state index in [0.717, 1.165) is 5.56 Å². The van der Waals surface area contributed by atoms with Crippen LogP contribution >= 0.6 is 11.6 Å². The molecule has 1 amide bonds. The van der Waals surface area contributed by atoms with E-state index in [2.05, 4.69) is 15.5 Å².